The van der Waals surface area contributed by atoms with Gasteiger partial charge >= 0.3 is 5.51 Å². The first-order valence-electron chi connectivity index (χ1n) is 25.3. The molecule has 76 heavy (non-hydrogen) atoms. The van der Waals surface area contributed by atoms with Crippen LogP contribution in [0.25, 0.3) is 22.4 Å². The first kappa shape index (κ1) is 55.9. The predicted octanol–water partition coefficient (Wildman–Crippen LogP) is 11.7. The molecule has 3 saturated heterocycles. The number of nitrogens with one attached hydrogen (secondary N) is 1. The van der Waals surface area contributed by atoms with Crippen LogP contribution in [0.3, 0.4) is 0 Å². The van der Waals surface area contributed by atoms with E-state index >= 15 is 4.39 Å². The highest BCUT2D eigenvalue weighted by Crippen LogP contribution is 2.49. The van der Waals surface area contributed by atoms with Crippen molar-refractivity contribution in [3.8, 4) is 22.4 Å². The van der Waals surface area contributed by atoms with Gasteiger partial charge in [-0.3, -0.25) is 4.90 Å². The number of nitrogens with zero attached hydrogens (tertiary/aromatic N) is 5. The van der Waals surface area contributed by atoms with Gasteiger partial charge in [-0.05, 0) is 130 Å². The van der Waals surface area contributed by atoms with E-state index in [-0.39, 0.29) is 22.7 Å². The topological polar surface area (TPSA) is 117 Å². The summed E-state index contributed by atoms with van der Waals surface area (Å²) < 4.78 is 129. The van der Waals surface area contributed by atoms with E-state index in [0.29, 0.717) is 116 Å². The Morgan fingerprint density at radius 2 is 1.42 bits per heavy atom. The van der Waals surface area contributed by atoms with Gasteiger partial charge in [0.25, 0.3) is 9.84 Å². The molecule has 0 radical (unpaired) electrons. The maximum absolute atomic E-state index is 15.9. The van der Waals surface area contributed by atoms with Crippen LogP contribution < -0.4 is 25.1 Å². The Hall–Kier alpha value is -4.85. The maximum Gasteiger partial charge on any atom is 0.501 e. The maximum atomic E-state index is 15.9. The SMILES string of the molecule is Cc1c(S(C)(=O)=O)c(-c2cc(F)cc(N3CCN(c4ccc(N5CCCO[P@@]5c5ccc(N[C@H](CCN6CCOCC6)CSc6ccccc6)c(S(=O)(=O)C(F)(F)F)c5)cc4)CC3)c2)c(-c2ccc(Cl)cc2)n1C(C)C. The molecule has 0 bridgehead atoms. The highest BCUT2D eigenvalue weighted by Gasteiger charge is 2.48. The fourth-order valence-electron chi connectivity index (χ4n) is 10.3. The number of rotatable bonds is 17. The zero-order valence-electron chi connectivity index (χ0n) is 42.8. The second-order valence-electron chi connectivity index (χ2n) is 19.5. The van der Waals surface area contributed by atoms with E-state index in [1.54, 1.807) is 36.9 Å². The highest BCUT2D eigenvalue weighted by atomic mass is 35.5. The summed E-state index contributed by atoms with van der Waals surface area (Å²) in [5.74, 6) is -0.00587. The first-order chi connectivity index (χ1) is 36.3. The van der Waals surface area contributed by atoms with Crippen molar-refractivity contribution in [2.45, 2.75) is 65.9 Å². The van der Waals surface area contributed by atoms with Crippen LogP contribution in [0.1, 0.15) is 38.4 Å². The van der Waals surface area contributed by atoms with Gasteiger partial charge in [0.1, 0.15) is 5.82 Å². The average molecular weight is 1140 g/mol. The molecule has 0 amide bonds. The Morgan fingerprint density at radius 1 is 0.763 bits per heavy atom. The first-order valence-corrected chi connectivity index (χ1v) is 31.2. The summed E-state index contributed by atoms with van der Waals surface area (Å²) in [5, 5.41) is 4.11. The normalized spacial score (nSPS) is 17.6. The molecule has 0 spiro atoms. The van der Waals surface area contributed by atoms with Crippen molar-refractivity contribution in [2.24, 2.45) is 0 Å². The minimum atomic E-state index is -5.79. The molecule has 3 aliphatic heterocycles. The lowest BCUT2D eigenvalue weighted by Gasteiger charge is -2.39. The summed E-state index contributed by atoms with van der Waals surface area (Å²) in [6, 6.07) is 33.2. The number of ether oxygens (including phenoxy) is 1. The number of halogens is 5. The van der Waals surface area contributed by atoms with Gasteiger partial charge in [-0.2, -0.15) is 13.2 Å². The van der Waals surface area contributed by atoms with Crippen molar-refractivity contribution in [3.63, 3.8) is 0 Å². The van der Waals surface area contributed by atoms with Gasteiger partial charge < -0.3 is 33.6 Å². The lowest BCUT2D eigenvalue weighted by Crippen LogP contribution is -2.46. The van der Waals surface area contributed by atoms with Crippen LogP contribution in [0.4, 0.5) is 40.3 Å². The number of hydrogen-bond donors (Lipinski definition) is 1. The van der Waals surface area contributed by atoms with Gasteiger partial charge in [-0.1, -0.05) is 41.9 Å². The predicted molar refractivity (Wildman–Crippen MR) is 300 cm³/mol. The van der Waals surface area contributed by atoms with Gasteiger partial charge in [0, 0.05) is 120 Å². The lowest BCUT2D eigenvalue weighted by atomic mass is 9.99. The third kappa shape index (κ3) is 12.5. The number of benzene rings is 5. The van der Waals surface area contributed by atoms with Crippen LogP contribution in [0.5, 0.6) is 0 Å². The van der Waals surface area contributed by atoms with Crippen molar-refractivity contribution in [3.05, 3.63) is 132 Å². The largest absolute Gasteiger partial charge is 0.501 e. The molecule has 5 aromatic carbocycles. The van der Waals surface area contributed by atoms with E-state index in [4.69, 9.17) is 20.9 Å². The summed E-state index contributed by atoms with van der Waals surface area (Å²) in [6.07, 6.45) is 2.40. The fourth-order valence-corrected chi connectivity index (χ4v) is 15.6. The van der Waals surface area contributed by atoms with E-state index in [2.05, 4.69) is 20.0 Å². The van der Waals surface area contributed by atoms with Gasteiger partial charge in [0.2, 0.25) is 0 Å². The van der Waals surface area contributed by atoms with Gasteiger partial charge in [0.05, 0.1) is 41.0 Å². The molecule has 12 nitrogen and oxygen atoms in total. The minimum Gasteiger partial charge on any atom is -0.380 e. The second kappa shape index (κ2) is 23.6. The quantitative estimate of drug-likeness (QED) is 0.0532. The summed E-state index contributed by atoms with van der Waals surface area (Å²) in [6.45, 7) is 12.2. The number of anilines is 4. The van der Waals surface area contributed by atoms with E-state index < -0.39 is 44.2 Å². The monoisotopic (exact) mass is 1140 g/mol. The third-order valence-corrected chi connectivity index (χ3v) is 20.1. The van der Waals surface area contributed by atoms with E-state index in [9.17, 15) is 30.0 Å². The molecule has 406 valence electrons. The highest BCUT2D eigenvalue weighted by molar-refractivity contribution is 7.99. The molecule has 3 fully saturated rings. The van der Waals surface area contributed by atoms with Crippen molar-refractivity contribution in [1.82, 2.24) is 9.47 Å². The molecule has 0 saturated carbocycles. The molecule has 9 rings (SSSR count). The molecule has 21 heteroatoms. The Bertz CT molecular complexity index is 3210. The van der Waals surface area contributed by atoms with Crippen molar-refractivity contribution >= 4 is 79.4 Å². The van der Waals surface area contributed by atoms with Crippen molar-refractivity contribution in [2.75, 3.05) is 104 Å². The van der Waals surface area contributed by atoms with Crippen LogP contribution in [-0.2, 0) is 28.9 Å². The van der Waals surface area contributed by atoms with Crippen LogP contribution in [-0.4, -0.2) is 122 Å². The molecule has 3 aliphatic rings. The van der Waals surface area contributed by atoms with Crippen molar-refractivity contribution in [1.29, 1.82) is 0 Å². The summed E-state index contributed by atoms with van der Waals surface area (Å²) in [4.78, 5) is 6.86. The number of aromatic nitrogens is 1. The number of sulfone groups is 2. The number of thioether (sulfide) groups is 1. The Kier molecular flexibility index (Phi) is 17.4. The summed E-state index contributed by atoms with van der Waals surface area (Å²) in [5.41, 5.74) is -0.450. The van der Waals surface area contributed by atoms with Gasteiger partial charge in [-0.25, -0.2) is 21.2 Å². The minimum absolute atomic E-state index is 0.108. The van der Waals surface area contributed by atoms with Crippen LogP contribution in [0.15, 0.2) is 130 Å². The third-order valence-electron chi connectivity index (χ3n) is 13.9. The van der Waals surface area contributed by atoms with Crippen LogP contribution in [0.2, 0.25) is 5.02 Å². The molecule has 2 atom stereocenters. The molecule has 0 unspecified atom stereocenters. The van der Waals surface area contributed by atoms with E-state index in [0.717, 1.165) is 41.0 Å². The zero-order chi connectivity index (χ0) is 53.9. The number of hydrogen-bond acceptors (Lipinski definition) is 12. The fraction of sp³-hybridized carbons (Fsp3) is 0.382. The lowest BCUT2D eigenvalue weighted by molar-refractivity contribution is -0.0435. The molecule has 4 heterocycles. The van der Waals surface area contributed by atoms with Gasteiger partial charge in [0.15, 0.2) is 18.1 Å². The standard InChI is InChI=1S/C55H62ClF4N6O6PS3/c1-38(2)66-39(3)54(75(4,67)68)52(53(66)40-11-13-42(56)14-12-40)41-33-43(57)35-47(34-41)64-26-24-63(25-27-64)45-15-17-46(18-16-45)65-22-8-30-72-73(65)48-19-20-50(51(36-48)76(69,70)55(58,59)60)61-44(21-23-62-28-31-71-32-29-62)37-74-49-9-6-5-7-10-49/h5-7,9-20,33-36,38,44,61H,8,21-32,37H2,1-4H3/t44-,73+/m1/s1. The Labute approximate surface area is 454 Å². The Balaban J connectivity index is 0.934. The summed E-state index contributed by atoms with van der Waals surface area (Å²) in [7, 11) is -11.3. The molecular weight excluding hydrogens is 1080 g/mol. The smallest absolute Gasteiger partial charge is 0.380 e. The number of alkyl halides is 3. The molecule has 1 N–H and O–H groups in total. The van der Waals surface area contributed by atoms with E-state index in [1.165, 1.54) is 24.5 Å². The summed E-state index contributed by atoms with van der Waals surface area (Å²) >= 11 is 7.83. The average Bonchev–Trinajstić information content (AvgIpc) is 3.79. The van der Waals surface area contributed by atoms with Crippen LogP contribution in [0, 0.1) is 12.7 Å². The number of piperazine rings is 1. The molecule has 1 aromatic heterocycles. The molecule has 6 aromatic rings. The zero-order valence-corrected chi connectivity index (χ0v) is 46.9. The van der Waals surface area contributed by atoms with Gasteiger partial charge in [-0.15, -0.1) is 11.8 Å². The molecule has 0 aliphatic carbocycles. The second-order valence-corrected chi connectivity index (χ2v) is 26.7. The van der Waals surface area contributed by atoms with Crippen molar-refractivity contribution < 1.29 is 43.7 Å². The van der Waals surface area contributed by atoms with Crippen LogP contribution >= 0.6 is 31.7 Å². The number of morpholine rings is 1. The molecular formula is C55H62ClF4N6O6PS3. The Morgan fingerprint density at radius 3 is 2.07 bits per heavy atom. The van der Waals surface area contributed by atoms with E-state index in [1.807, 2.05) is 95.9 Å².